The lowest BCUT2D eigenvalue weighted by Crippen LogP contribution is -2.46. The van der Waals surface area contributed by atoms with E-state index in [1.807, 2.05) is 19.1 Å². The zero-order valence-electron chi connectivity index (χ0n) is 14.0. The lowest BCUT2D eigenvalue weighted by molar-refractivity contribution is 0.0355. The number of aryl methyl sites for hydroxylation is 1. The molecule has 0 atom stereocenters. The van der Waals surface area contributed by atoms with Crippen molar-refractivity contribution in [1.82, 2.24) is 15.1 Å². The highest BCUT2D eigenvalue weighted by atomic mass is 32.1. The minimum absolute atomic E-state index is 0.636. The zero-order chi connectivity index (χ0) is 16.5. The Morgan fingerprint density at radius 2 is 2.17 bits per heavy atom. The van der Waals surface area contributed by atoms with E-state index in [1.165, 1.54) is 0 Å². The molecule has 1 N–H and O–H groups in total. The summed E-state index contributed by atoms with van der Waals surface area (Å²) in [6.45, 7) is 9.40. The molecule has 2 rings (SSSR count). The molecule has 7 heteroatoms. The van der Waals surface area contributed by atoms with Crippen molar-refractivity contribution in [3.8, 4) is 0 Å². The summed E-state index contributed by atoms with van der Waals surface area (Å²) < 4.78 is 16.2. The maximum absolute atomic E-state index is 5.69. The van der Waals surface area contributed by atoms with E-state index < -0.39 is 0 Å². The SMILES string of the molecule is COCCNC(=S)N(CCN1CCOCC1)Cc1ccc(C)o1. The molecule has 0 bridgehead atoms. The van der Waals surface area contributed by atoms with Crippen LogP contribution in [0.5, 0.6) is 0 Å². The lowest BCUT2D eigenvalue weighted by Gasteiger charge is -2.31. The Balaban J connectivity index is 1.87. The molecule has 130 valence electrons. The van der Waals surface area contributed by atoms with Crippen LogP contribution in [0.15, 0.2) is 16.5 Å². The summed E-state index contributed by atoms with van der Waals surface area (Å²) in [4.78, 5) is 4.56. The molecular formula is C16H27N3O3S. The molecule has 0 aliphatic carbocycles. The van der Waals surface area contributed by atoms with Gasteiger partial charge < -0.3 is 24.1 Å². The smallest absolute Gasteiger partial charge is 0.169 e. The Kier molecular flexibility index (Phi) is 7.81. The number of thiocarbonyl (C=S) groups is 1. The third kappa shape index (κ3) is 6.47. The van der Waals surface area contributed by atoms with Gasteiger partial charge in [0.05, 0.1) is 26.4 Å². The van der Waals surface area contributed by atoms with E-state index in [0.29, 0.717) is 19.7 Å². The van der Waals surface area contributed by atoms with Gasteiger partial charge in [-0.05, 0) is 31.3 Å². The van der Waals surface area contributed by atoms with E-state index in [2.05, 4.69) is 15.1 Å². The molecule has 1 aliphatic rings. The summed E-state index contributed by atoms with van der Waals surface area (Å²) in [6.07, 6.45) is 0. The monoisotopic (exact) mass is 341 g/mol. The molecule has 6 nitrogen and oxygen atoms in total. The van der Waals surface area contributed by atoms with Crippen LogP contribution in [-0.4, -0.2) is 74.6 Å². The number of ether oxygens (including phenoxy) is 2. The summed E-state index contributed by atoms with van der Waals surface area (Å²) in [6, 6.07) is 3.99. The van der Waals surface area contributed by atoms with Crippen LogP contribution in [-0.2, 0) is 16.0 Å². The van der Waals surface area contributed by atoms with Gasteiger partial charge in [-0.3, -0.25) is 4.90 Å². The molecule has 0 amide bonds. The number of nitrogens with one attached hydrogen (secondary N) is 1. The first-order chi connectivity index (χ1) is 11.2. The Labute approximate surface area is 143 Å². The topological polar surface area (TPSA) is 50.1 Å². The van der Waals surface area contributed by atoms with E-state index in [4.69, 9.17) is 26.1 Å². The van der Waals surface area contributed by atoms with Crippen LogP contribution in [0.1, 0.15) is 11.5 Å². The van der Waals surface area contributed by atoms with Gasteiger partial charge in [-0.2, -0.15) is 0 Å². The van der Waals surface area contributed by atoms with Crippen LogP contribution in [0.2, 0.25) is 0 Å². The zero-order valence-corrected chi connectivity index (χ0v) is 14.9. The summed E-state index contributed by atoms with van der Waals surface area (Å²) >= 11 is 5.54. The number of nitrogens with zero attached hydrogens (tertiary/aromatic N) is 2. The molecule has 1 aromatic rings. The van der Waals surface area contributed by atoms with Gasteiger partial charge in [0.2, 0.25) is 0 Å². The first-order valence-corrected chi connectivity index (χ1v) is 8.47. The summed E-state index contributed by atoms with van der Waals surface area (Å²) in [5, 5.41) is 3.99. The van der Waals surface area contributed by atoms with Gasteiger partial charge in [0, 0.05) is 39.8 Å². The number of rotatable bonds is 8. The molecule has 23 heavy (non-hydrogen) atoms. The van der Waals surface area contributed by atoms with E-state index in [9.17, 15) is 0 Å². The van der Waals surface area contributed by atoms with Crippen LogP contribution < -0.4 is 5.32 Å². The van der Waals surface area contributed by atoms with Gasteiger partial charge in [-0.15, -0.1) is 0 Å². The van der Waals surface area contributed by atoms with Crippen LogP contribution in [0.4, 0.5) is 0 Å². The minimum Gasteiger partial charge on any atom is -0.464 e. The van der Waals surface area contributed by atoms with E-state index >= 15 is 0 Å². The molecule has 1 aliphatic heterocycles. The average molecular weight is 341 g/mol. The summed E-state index contributed by atoms with van der Waals surface area (Å²) in [5.74, 6) is 1.85. The molecule has 1 aromatic heterocycles. The fourth-order valence-electron chi connectivity index (χ4n) is 2.47. The fourth-order valence-corrected chi connectivity index (χ4v) is 2.73. The fraction of sp³-hybridized carbons (Fsp3) is 0.688. The standard InChI is InChI=1S/C16H27N3O3S/c1-14-3-4-15(22-14)13-19(16(23)17-5-10-20-2)7-6-18-8-11-21-12-9-18/h3-4H,5-13H2,1-2H3,(H,17,23). The Bertz CT molecular complexity index is 475. The maximum Gasteiger partial charge on any atom is 0.169 e. The van der Waals surface area contributed by atoms with Crippen molar-refractivity contribution in [2.75, 3.05) is 59.7 Å². The van der Waals surface area contributed by atoms with Gasteiger partial charge in [0.15, 0.2) is 5.11 Å². The van der Waals surface area contributed by atoms with Crippen LogP contribution in [0.3, 0.4) is 0 Å². The molecule has 0 saturated carbocycles. The van der Waals surface area contributed by atoms with Crippen molar-refractivity contribution >= 4 is 17.3 Å². The third-order valence-electron chi connectivity index (χ3n) is 3.80. The molecule has 0 unspecified atom stereocenters. The molecule has 1 saturated heterocycles. The highest BCUT2D eigenvalue weighted by Gasteiger charge is 2.16. The molecule has 0 radical (unpaired) electrons. The number of hydrogen-bond acceptors (Lipinski definition) is 5. The predicted octanol–water partition coefficient (Wildman–Crippen LogP) is 1.24. The van der Waals surface area contributed by atoms with E-state index in [-0.39, 0.29) is 0 Å². The van der Waals surface area contributed by atoms with Gasteiger partial charge >= 0.3 is 0 Å². The second kappa shape index (κ2) is 9.87. The minimum atomic E-state index is 0.636. The van der Waals surface area contributed by atoms with Crippen LogP contribution in [0, 0.1) is 6.92 Å². The molecule has 0 aromatic carbocycles. The van der Waals surface area contributed by atoms with Crippen molar-refractivity contribution in [2.24, 2.45) is 0 Å². The van der Waals surface area contributed by atoms with E-state index in [0.717, 1.165) is 56.0 Å². The molecule has 0 spiro atoms. The largest absolute Gasteiger partial charge is 0.464 e. The Hall–Kier alpha value is -1.15. The number of morpholine rings is 1. The maximum atomic E-state index is 5.69. The second-order valence-corrected chi connectivity index (χ2v) is 6.00. The lowest BCUT2D eigenvalue weighted by atomic mass is 10.3. The summed E-state index contributed by atoms with van der Waals surface area (Å²) in [5.41, 5.74) is 0. The number of hydrogen-bond donors (Lipinski definition) is 1. The molecule has 2 heterocycles. The normalized spacial score (nSPS) is 15.6. The van der Waals surface area contributed by atoms with Gasteiger partial charge in [-0.1, -0.05) is 0 Å². The first-order valence-electron chi connectivity index (χ1n) is 8.06. The highest BCUT2D eigenvalue weighted by Crippen LogP contribution is 2.10. The van der Waals surface area contributed by atoms with Gasteiger partial charge in [0.1, 0.15) is 11.5 Å². The Morgan fingerprint density at radius 3 is 2.83 bits per heavy atom. The van der Waals surface area contributed by atoms with Crippen LogP contribution >= 0.6 is 12.2 Å². The second-order valence-electron chi connectivity index (χ2n) is 5.61. The van der Waals surface area contributed by atoms with Crippen molar-refractivity contribution < 1.29 is 13.9 Å². The highest BCUT2D eigenvalue weighted by molar-refractivity contribution is 7.80. The van der Waals surface area contributed by atoms with Gasteiger partial charge in [0.25, 0.3) is 0 Å². The molecule has 1 fully saturated rings. The predicted molar refractivity (Wildman–Crippen MR) is 93.6 cm³/mol. The Morgan fingerprint density at radius 1 is 1.39 bits per heavy atom. The van der Waals surface area contributed by atoms with Crippen LogP contribution in [0.25, 0.3) is 0 Å². The van der Waals surface area contributed by atoms with Gasteiger partial charge in [-0.25, -0.2) is 0 Å². The first kappa shape index (κ1) is 18.2. The van der Waals surface area contributed by atoms with Crippen molar-refractivity contribution in [3.63, 3.8) is 0 Å². The molecular weight excluding hydrogens is 314 g/mol. The van der Waals surface area contributed by atoms with Crippen molar-refractivity contribution in [1.29, 1.82) is 0 Å². The average Bonchev–Trinajstić information content (AvgIpc) is 2.97. The third-order valence-corrected chi connectivity index (χ3v) is 4.20. The number of methoxy groups -OCH3 is 1. The van der Waals surface area contributed by atoms with E-state index in [1.54, 1.807) is 7.11 Å². The van der Waals surface area contributed by atoms with Crippen molar-refractivity contribution in [3.05, 3.63) is 23.7 Å². The summed E-state index contributed by atoms with van der Waals surface area (Å²) in [7, 11) is 1.69. The quantitative estimate of drug-likeness (QED) is 0.564. The van der Waals surface area contributed by atoms with Crippen molar-refractivity contribution in [2.45, 2.75) is 13.5 Å². The number of furan rings is 1.